The fourth-order valence-corrected chi connectivity index (χ4v) is 9.35. The van der Waals surface area contributed by atoms with Gasteiger partial charge in [-0.05, 0) is 41.8 Å². The largest absolute Gasteiger partial charge is 0.570 e. The fourth-order valence-electron chi connectivity index (χ4n) is 8.64. The van der Waals surface area contributed by atoms with E-state index in [1.54, 1.807) is 7.11 Å². The lowest BCUT2D eigenvalue weighted by Crippen LogP contribution is -2.54. The Morgan fingerprint density at radius 1 is 0.829 bits per heavy atom. The topological polar surface area (TPSA) is 327 Å². The number of hydrogen-bond acceptors (Lipinski definition) is 21. The number of benzene rings is 2. The third kappa shape index (κ3) is 16.5. The van der Waals surface area contributed by atoms with Crippen molar-refractivity contribution in [3.8, 4) is 11.5 Å². The van der Waals surface area contributed by atoms with Crippen molar-refractivity contribution in [2.75, 3.05) is 102 Å². The summed E-state index contributed by atoms with van der Waals surface area (Å²) in [5.74, 6) is -0.105. The van der Waals surface area contributed by atoms with Crippen LogP contribution in [0.2, 0.25) is 0 Å². The summed E-state index contributed by atoms with van der Waals surface area (Å²) in [5, 5.41) is 39.3. The average Bonchev–Trinajstić information content (AvgIpc) is 3.96. The monoisotopic (exact) mass is 1080 g/mol. The van der Waals surface area contributed by atoms with Gasteiger partial charge in [-0.3, -0.25) is 33.9 Å². The molecule has 0 bridgehead atoms. The Bertz CT molecular complexity index is 2620. The summed E-state index contributed by atoms with van der Waals surface area (Å²) in [4.78, 5) is 84.7. The zero-order chi connectivity index (χ0) is 54.2. The second-order valence-corrected chi connectivity index (χ2v) is 20.0. The summed E-state index contributed by atoms with van der Waals surface area (Å²) in [6.07, 6.45) is 1.40. The fraction of sp³-hybridized carbons (Fsp3) is 0.520. The van der Waals surface area contributed by atoms with Crippen LogP contribution in [0.5, 0.6) is 11.5 Å². The Labute approximate surface area is 440 Å². The first-order valence-electron chi connectivity index (χ1n) is 25.3. The Morgan fingerprint density at radius 3 is 2.36 bits per heavy atom. The lowest BCUT2D eigenvalue weighted by Gasteiger charge is -2.35. The number of unbranched alkanes of at least 4 members (excludes halogenated alkanes) is 2. The highest BCUT2D eigenvalue weighted by atomic mass is 31.2. The van der Waals surface area contributed by atoms with E-state index in [1.807, 2.05) is 12.3 Å². The first kappa shape index (κ1) is 57.8. The lowest BCUT2D eigenvalue weighted by molar-refractivity contribution is -0.241. The number of nitrogens with two attached hydrogens (primary N) is 1. The molecule has 414 valence electrons. The summed E-state index contributed by atoms with van der Waals surface area (Å²) in [5.41, 5.74) is 10.2. The van der Waals surface area contributed by atoms with E-state index >= 15 is 0 Å². The zero-order valence-corrected chi connectivity index (χ0v) is 43.6. The van der Waals surface area contributed by atoms with Gasteiger partial charge >= 0.3 is 8.17 Å². The van der Waals surface area contributed by atoms with Crippen molar-refractivity contribution in [2.45, 2.75) is 83.3 Å². The van der Waals surface area contributed by atoms with Crippen LogP contribution in [0.3, 0.4) is 0 Å². The molecule has 3 aliphatic rings. The number of piperazine rings is 1. The minimum absolute atomic E-state index is 0.00227. The summed E-state index contributed by atoms with van der Waals surface area (Å²) >= 11 is 0. The van der Waals surface area contributed by atoms with E-state index in [1.165, 1.54) is 30.4 Å². The molecule has 5 heterocycles. The summed E-state index contributed by atoms with van der Waals surface area (Å²) < 4.78 is 35.4. The van der Waals surface area contributed by atoms with E-state index in [9.17, 15) is 44.3 Å². The molecule has 76 heavy (non-hydrogen) atoms. The first-order chi connectivity index (χ1) is 36.6. The van der Waals surface area contributed by atoms with E-state index in [0.29, 0.717) is 24.5 Å². The normalized spacial score (nSPS) is 19.4. The van der Waals surface area contributed by atoms with Crippen molar-refractivity contribution in [3.63, 3.8) is 0 Å². The SMILES string of the molecule is CCCCCNc1nc(N)nc2ccn(Cc3ccc(CN4CCN(CCO[P+](O)(O)OCc5ccc(O[C@@H]6OC[C@@H](O)[C@H](O)[C@H]6O)c(NC(=O)CCNC(=O)CCOCCN6C(=O)C=CC6=O)c5)CC4)cc3OC)c12. The van der Waals surface area contributed by atoms with Gasteiger partial charge in [-0.1, -0.05) is 38.0 Å². The summed E-state index contributed by atoms with van der Waals surface area (Å²) in [6.45, 7) is 7.01. The van der Waals surface area contributed by atoms with Crippen molar-refractivity contribution in [1.29, 1.82) is 0 Å². The van der Waals surface area contributed by atoms with Gasteiger partial charge in [0.1, 0.15) is 48.5 Å². The third-order valence-electron chi connectivity index (χ3n) is 12.9. The summed E-state index contributed by atoms with van der Waals surface area (Å²) in [7, 11) is -2.64. The van der Waals surface area contributed by atoms with Crippen molar-refractivity contribution < 1.29 is 72.3 Å². The molecule has 10 N–H and O–H groups in total. The number of fused-ring (bicyclic) bond motifs is 1. The van der Waals surface area contributed by atoms with Gasteiger partial charge < -0.3 is 60.5 Å². The maximum atomic E-state index is 13.1. The third-order valence-corrected chi connectivity index (χ3v) is 13.8. The molecule has 0 saturated carbocycles. The van der Waals surface area contributed by atoms with Gasteiger partial charge in [0.25, 0.3) is 11.8 Å². The number of nitrogens with zero attached hydrogens (tertiary/aromatic N) is 6. The molecular weight excluding hydrogens is 1010 g/mol. The second-order valence-electron chi connectivity index (χ2n) is 18.5. The van der Waals surface area contributed by atoms with Gasteiger partial charge in [0.05, 0.1) is 51.2 Å². The van der Waals surface area contributed by atoms with Crippen molar-refractivity contribution >= 4 is 60.3 Å². The van der Waals surface area contributed by atoms with Crippen LogP contribution in [0.15, 0.2) is 60.8 Å². The number of hydrogen-bond donors (Lipinski definition) is 9. The number of methoxy groups -OCH3 is 1. The number of nitrogen functional groups attached to an aromatic ring is 1. The number of aromatic nitrogens is 3. The molecule has 4 atom stereocenters. The number of carbonyl (C=O) groups is 4. The maximum absolute atomic E-state index is 13.1. The number of rotatable bonds is 29. The number of nitrogens with one attached hydrogen (secondary N) is 3. The number of carbonyl (C=O) groups excluding carboxylic acids is 4. The van der Waals surface area contributed by atoms with Gasteiger partial charge in [-0.15, -0.1) is 4.52 Å². The summed E-state index contributed by atoms with van der Waals surface area (Å²) in [6, 6.07) is 12.6. The van der Waals surface area contributed by atoms with Gasteiger partial charge in [0.2, 0.25) is 24.1 Å². The van der Waals surface area contributed by atoms with Crippen LogP contribution in [0.4, 0.5) is 17.5 Å². The van der Waals surface area contributed by atoms with Crippen LogP contribution in [-0.4, -0.2) is 188 Å². The molecule has 3 aliphatic heterocycles. The lowest BCUT2D eigenvalue weighted by atomic mass is 10.1. The molecule has 25 nitrogen and oxygen atoms in total. The van der Waals surface area contributed by atoms with Gasteiger partial charge in [-0.25, -0.2) is 4.98 Å². The molecule has 4 amide bonds. The average molecular weight is 1080 g/mol. The van der Waals surface area contributed by atoms with E-state index in [2.05, 4.69) is 65.4 Å². The van der Waals surface area contributed by atoms with E-state index < -0.39 is 56.4 Å². The molecule has 0 spiro atoms. The highest BCUT2D eigenvalue weighted by molar-refractivity contribution is 7.54. The number of ether oxygens (including phenoxy) is 4. The highest BCUT2D eigenvalue weighted by Gasteiger charge is 2.41. The van der Waals surface area contributed by atoms with Crippen LogP contribution >= 0.6 is 8.17 Å². The molecular formula is C50H70N10O15P+. The number of anilines is 3. The van der Waals surface area contributed by atoms with Crippen molar-refractivity contribution in [3.05, 3.63) is 77.5 Å². The van der Waals surface area contributed by atoms with Gasteiger partial charge in [0.15, 0.2) is 5.82 Å². The highest BCUT2D eigenvalue weighted by Crippen LogP contribution is 2.53. The molecule has 4 aromatic rings. The maximum Gasteiger partial charge on any atom is 0.570 e. The van der Waals surface area contributed by atoms with Gasteiger partial charge in [0, 0.05) is 89.1 Å². The minimum Gasteiger partial charge on any atom is -0.496 e. The van der Waals surface area contributed by atoms with Gasteiger partial charge in [-0.2, -0.15) is 19.3 Å². The van der Waals surface area contributed by atoms with Crippen LogP contribution in [0, 0.1) is 0 Å². The van der Waals surface area contributed by atoms with Crippen LogP contribution in [-0.2, 0) is 57.4 Å². The predicted molar refractivity (Wildman–Crippen MR) is 278 cm³/mol. The van der Waals surface area contributed by atoms with Crippen molar-refractivity contribution in [2.24, 2.45) is 0 Å². The van der Waals surface area contributed by atoms with E-state index in [4.69, 9.17) is 33.7 Å². The van der Waals surface area contributed by atoms with E-state index in [0.717, 1.165) is 91.3 Å². The Hall–Kier alpha value is -5.93. The molecule has 7 rings (SSSR count). The Balaban J connectivity index is 0.846. The number of aliphatic hydroxyl groups excluding tert-OH is 3. The molecule has 2 aromatic heterocycles. The minimum atomic E-state index is -4.31. The number of aliphatic hydroxyl groups is 3. The molecule has 0 aliphatic carbocycles. The standard InChI is InChI=1S/C50H69N10O15P/c1-3-4-5-15-53-48-45-36(55-50(51)56-48)13-17-59(45)30-35-8-6-33(28-40(35)70-2)29-58-20-18-57(19-21-58)22-26-73-76(68,69)74-31-34-7-9-39(75-49-47(67)46(66)38(61)32-72-49)37(27-34)54-42(63)12-16-52-41(62)14-24-71-25-23-60-43(64)10-11-44(60)65/h6-11,13,17,27-28,38,46-47,49,61,66-69H,3-5,12,14-16,18-26,29-32H2,1-2H3,(H4-,51,52,53,54,55,56,62,63)/p+1/t38-,46+,47-,49+/m1/s1. The molecule has 2 fully saturated rings. The quantitative estimate of drug-likeness (QED) is 0.0210. The predicted octanol–water partition coefficient (Wildman–Crippen LogP) is 1.28. The molecule has 26 heteroatoms. The van der Waals surface area contributed by atoms with E-state index in [-0.39, 0.29) is 76.4 Å². The first-order valence-corrected chi connectivity index (χ1v) is 26.9. The zero-order valence-electron chi connectivity index (χ0n) is 42.8. The Morgan fingerprint density at radius 2 is 1.59 bits per heavy atom. The molecule has 2 aromatic carbocycles. The second kappa shape index (κ2) is 27.9. The Kier molecular flexibility index (Phi) is 21.2. The van der Waals surface area contributed by atoms with Crippen LogP contribution < -0.4 is 31.2 Å². The van der Waals surface area contributed by atoms with Crippen molar-refractivity contribution in [1.82, 2.24) is 34.6 Å². The van der Waals surface area contributed by atoms with Crippen LogP contribution in [0.25, 0.3) is 11.0 Å². The molecule has 0 unspecified atom stereocenters. The smallest absolute Gasteiger partial charge is 0.496 e. The molecule has 0 radical (unpaired) electrons. The number of amides is 4. The van der Waals surface area contributed by atoms with Crippen LogP contribution in [0.1, 0.15) is 55.7 Å². The molecule has 2 saturated heterocycles. The number of imide groups is 1.